The number of hydrogen-bond acceptors (Lipinski definition) is 2. The van der Waals surface area contributed by atoms with Gasteiger partial charge in [-0.1, -0.05) is 11.6 Å². The van der Waals surface area contributed by atoms with Gasteiger partial charge in [-0.2, -0.15) is 0 Å². The van der Waals surface area contributed by atoms with E-state index in [2.05, 4.69) is 25.8 Å². The summed E-state index contributed by atoms with van der Waals surface area (Å²) in [7, 11) is 2.12. The van der Waals surface area contributed by atoms with E-state index in [1.807, 2.05) is 11.4 Å². The summed E-state index contributed by atoms with van der Waals surface area (Å²) >= 11 is 7.54. The van der Waals surface area contributed by atoms with Gasteiger partial charge in [-0.05, 0) is 27.0 Å². The molecule has 13 heavy (non-hydrogen) atoms. The molecule has 0 aliphatic heterocycles. The Morgan fingerprint density at radius 1 is 1.54 bits per heavy atom. The van der Waals surface area contributed by atoms with Crippen LogP contribution in [0.3, 0.4) is 0 Å². The molecule has 1 heterocycles. The van der Waals surface area contributed by atoms with Crippen LogP contribution in [0.1, 0.15) is 18.7 Å². The highest BCUT2D eigenvalue weighted by Gasteiger charge is 2.05. The van der Waals surface area contributed by atoms with Crippen molar-refractivity contribution in [2.75, 3.05) is 7.05 Å². The predicted octanol–water partition coefficient (Wildman–Crippen LogP) is 3.66. The molecule has 1 aromatic rings. The molecule has 0 aromatic carbocycles. The first-order chi connectivity index (χ1) is 5.59. The van der Waals surface area contributed by atoms with Crippen LogP contribution in [-0.4, -0.2) is 18.0 Å². The summed E-state index contributed by atoms with van der Waals surface area (Å²) in [5.41, 5.74) is 0. The zero-order valence-electron chi connectivity index (χ0n) is 8.08. The van der Waals surface area contributed by atoms with Crippen LogP contribution in [0.25, 0.3) is 0 Å². The lowest BCUT2D eigenvalue weighted by atomic mass is 10.3. The van der Waals surface area contributed by atoms with Crippen LogP contribution in [0.2, 0.25) is 5.02 Å². The molecule has 1 rings (SSSR count). The molecular formula is C9H15Cl2NS. The molecule has 1 nitrogen and oxygen atoms in total. The molecule has 0 aliphatic carbocycles. The highest BCUT2D eigenvalue weighted by molar-refractivity contribution is 7.10. The summed E-state index contributed by atoms with van der Waals surface area (Å²) in [5, 5.41) is 2.83. The summed E-state index contributed by atoms with van der Waals surface area (Å²) in [4.78, 5) is 3.62. The zero-order chi connectivity index (χ0) is 9.14. The molecule has 4 heteroatoms. The summed E-state index contributed by atoms with van der Waals surface area (Å²) < 4.78 is 0. The highest BCUT2D eigenvalue weighted by Crippen LogP contribution is 2.20. The minimum Gasteiger partial charge on any atom is -0.299 e. The third-order valence-corrected chi connectivity index (χ3v) is 3.18. The monoisotopic (exact) mass is 239 g/mol. The van der Waals surface area contributed by atoms with E-state index in [1.165, 1.54) is 4.88 Å². The third kappa shape index (κ3) is 4.32. The van der Waals surface area contributed by atoms with E-state index in [9.17, 15) is 0 Å². The van der Waals surface area contributed by atoms with Crippen LogP contribution in [0.5, 0.6) is 0 Å². The van der Waals surface area contributed by atoms with E-state index < -0.39 is 0 Å². The van der Waals surface area contributed by atoms with E-state index in [-0.39, 0.29) is 12.4 Å². The van der Waals surface area contributed by atoms with Gasteiger partial charge in [0.15, 0.2) is 0 Å². The molecule has 0 fully saturated rings. The second-order valence-electron chi connectivity index (χ2n) is 3.24. The Bertz CT molecular complexity index is 248. The molecule has 1 aromatic heterocycles. The first-order valence-electron chi connectivity index (χ1n) is 4.02. The topological polar surface area (TPSA) is 3.24 Å². The average Bonchev–Trinajstić information content (AvgIpc) is 2.35. The zero-order valence-corrected chi connectivity index (χ0v) is 10.5. The van der Waals surface area contributed by atoms with Crippen molar-refractivity contribution in [2.45, 2.75) is 26.4 Å². The number of nitrogens with zero attached hydrogens (tertiary/aromatic N) is 1. The fourth-order valence-corrected chi connectivity index (χ4v) is 2.00. The van der Waals surface area contributed by atoms with E-state index in [0.717, 1.165) is 11.6 Å². The maximum absolute atomic E-state index is 5.82. The molecule has 0 N–H and O–H groups in total. The van der Waals surface area contributed by atoms with Crippen LogP contribution in [-0.2, 0) is 6.54 Å². The van der Waals surface area contributed by atoms with Crippen LogP contribution in [0.4, 0.5) is 0 Å². The molecule has 0 atom stereocenters. The summed E-state index contributed by atoms with van der Waals surface area (Å²) in [6.07, 6.45) is 0. The quantitative estimate of drug-likeness (QED) is 0.779. The number of rotatable bonds is 3. The lowest BCUT2D eigenvalue weighted by Crippen LogP contribution is -2.24. The molecule has 0 saturated heterocycles. The van der Waals surface area contributed by atoms with Crippen molar-refractivity contribution < 1.29 is 0 Å². The summed E-state index contributed by atoms with van der Waals surface area (Å²) in [6.45, 7) is 5.37. The lowest BCUT2D eigenvalue weighted by Gasteiger charge is -2.19. The number of hydrogen-bond donors (Lipinski definition) is 0. The Hall–Kier alpha value is 0.240. The van der Waals surface area contributed by atoms with Crippen molar-refractivity contribution in [2.24, 2.45) is 0 Å². The highest BCUT2D eigenvalue weighted by atomic mass is 35.5. The SMILES string of the molecule is CC(C)N(C)Cc1cc(Cl)cs1.Cl. The Labute approximate surface area is 95.1 Å². The summed E-state index contributed by atoms with van der Waals surface area (Å²) in [5.74, 6) is 0. The van der Waals surface area contributed by atoms with Crippen molar-refractivity contribution in [1.29, 1.82) is 0 Å². The molecule has 0 spiro atoms. The standard InChI is InChI=1S/C9H14ClNS.ClH/c1-7(2)11(3)5-9-4-8(10)6-12-9;/h4,6-7H,5H2,1-3H3;1H. The normalized spacial score (nSPS) is 10.6. The Morgan fingerprint density at radius 2 is 2.15 bits per heavy atom. The van der Waals surface area contributed by atoms with Crippen molar-refractivity contribution in [3.05, 3.63) is 21.3 Å². The molecule has 0 saturated carbocycles. The molecule has 76 valence electrons. The first-order valence-corrected chi connectivity index (χ1v) is 5.28. The van der Waals surface area contributed by atoms with Crippen LogP contribution in [0.15, 0.2) is 11.4 Å². The van der Waals surface area contributed by atoms with E-state index in [0.29, 0.717) is 6.04 Å². The molecule has 0 unspecified atom stereocenters. The summed E-state index contributed by atoms with van der Waals surface area (Å²) in [6, 6.07) is 2.62. The molecule has 0 amide bonds. The molecular weight excluding hydrogens is 225 g/mol. The van der Waals surface area contributed by atoms with Gasteiger partial charge in [0, 0.05) is 22.8 Å². The van der Waals surface area contributed by atoms with Gasteiger partial charge in [-0.25, -0.2) is 0 Å². The van der Waals surface area contributed by atoms with Gasteiger partial charge in [0.25, 0.3) is 0 Å². The Balaban J connectivity index is 0.00000144. The first kappa shape index (κ1) is 13.2. The Kier molecular flexibility index (Phi) is 5.97. The van der Waals surface area contributed by atoms with E-state index >= 15 is 0 Å². The maximum atomic E-state index is 5.82. The predicted molar refractivity (Wildman–Crippen MR) is 63.2 cm³/mol. The minimum absolute atomic E-state index is 0. The minimum atomic E-state index is 0. The maximum Gasteiger partial charge on any atom is 0.0516 e. The molecule has 0 radical (unpaired) electrons. The van der Waals surface area contributed by atoms with Crippen LogP contribution >= 0.6 is 35.3 Å². The van der Waals surface area contributed by atoms with Crippen molar-refractivity contribution >= 4 is 35.3 Å². The fraction of sp³-hybridized carbons (Fsp3) is 0.556. The number of thiophene rings is 1. The van der Waals surface area contributed by atoms with Gasteiger partial charge in [0.1, 0.15) is 0 Å². The van der Waals surface area contributed by atoms with E-state index in [4.69, 9.17) is 11.6 Å². The fourth-order valence-electron chi connectivity index (χ4n) is 0.865. The Morgan fingerprint density at radius 3 is 2.54 bits per heavy atom. The molecule has 0 bridgehead atoms. The van der Waals surface area contributed by atoms with Crippen molar-refractivity contribution in [3.8, 4) is 0 Å². The van der Waals surface area contributed by atoms with Crippen LogP contribution < -0.4 is 0 Å². The van der Waals surface area contributed by atoms with Gasteiger partial charge in [-0.15, -0.1) is 23.7 Å². The molecule has 0 aliphatic rings. The smallest absolute Gasteiger partial charge is 0.0516 e. The largest absolute Gasteiger partial charge is 0.299 e. The van der Waals surface area contributed by atoms with Crippen molar-refractivity contribution in [3.63, 3.8) is 0 Å². The second kappa shape index (κ2) is 5.86. The van der Waals surface area contributed by atoms with Gasteiger partial charge in [0.05, 0.1) is 5.02 Å². The van der Waals surface area contributed by atoms with Crippen molar-refractivity contribution in [1.82, 2.24) is 4.90 Å². The van der Waals surface area contributed by atoms with Gasteiger partial charge in [0.2, 0.25) is 0 Å². The third-order valence-electron chi connectivity index (χ3n) is 1.91. The number of halogens is 2. The van der Waals surface area contributed by atoms with Gasteiger partial charge in [-0.3, -0.25) is 4.90 Å². The lowest BCUT2D eigenvalue weighted by molar-refractivity contribution is 0.268. The van der Waals surface area contributed by atoms with Crippen LogP contribution in [0, 0.1) is 0 Å². The van der Waals surface area contributed by atoms with Gasteiger partial charge < -0.3 is 0 Å². The average molecular weight is 240 g/mol. The second-order valence-corrected chi connectivity index (χ2v) is 4.67. The van der Waals surface area contributed by atoms with Gasteiger partial charge >= 0.3 is 0 Å². The van der Waals surface area contributed by atoms with E-state index in [1.54, 1.807) is 11.3 Å².